The highest BCUT2D eigenvalue weighted by atomic mass is 19.1. The Kier molecular flexibility index (Phi) is 3.60. The average Bonchev–Trinajstić information content (AvgIpc) is 2.72. The Morgan fingerprint density at radius 2 is 1.94 bits per heavy atom. The van der Waals surface area contributed by atoms with Crippen molar-refractivity contribution in [1.82, 2.24) is 0 Å². The zero-order valence-electron chi connectivity index (χ0n) is 10.5. The molecular weight excluding hydrogens is 231 g/mol. The van der Waals surface area contributed by atoms with Crippen molar-refractivity contribution in [2.75, 3.05) is 0 Å². The summed E-state index contributed by atoms with van der Waals surface area (Å²) in [5, 5.41) is 0. The molecule has 0 unspecified atom stereocenters. The Labute approximate surface area is 105 Å². The molecule has 0 amide bonds. The number of furan rings is 1. The van der Waals surface area contributed by atoms with E-state index in [0.29, 0.717) is 18.6 Å². The Hall–Kier alpha value is -1.90. The van der Waals surface area contributed by atoms with Crippen molar-refractivity contribution in [3.63, 3.8) is 0 Å². The molecule has 0 radical (unpaired) electrons. The van der Waals surface area contributed by atoms with Crippen molar-refractivity contribution < 1.29 is 13.6 Å². The third kappa shape index (κ3) is 2.67. The van der Waals surface area contributed by atoms with Gasteiger partial charge in [-0.2, -0.15) is 0 Å². The summed E-state index contributed by atoms with van der Waals surface area (Å²) in [6.07, 6.45) is 1.00. The Morgan fingerprint density at radius 1 is 1.28 bits per heavy atom. The third-order valence-corrected chi connectivity index (χ3v) is 2.81. The fourth-order valence-corrected chi connectivity index (χ4v) is 1.92. The highest BCUT2D eigenvalue weighted by molar-refractivity contribution is 5.94. The topological polar surface area (TPSA) is 30.2 Å². The number of hydrogen-bond donors (Lipinski definition) is 0. The maximum absolute atomic E-state index is 12.8. The second-order valence-corrected chi connectivity index (χ2v) is 4.29. The maximum atomic E-state index is 12.8. The molecule has 0 bridgehead atoms. The van der Waals surface area contributed by atoms with Gasteiger partial charge in [-0.05, 0) is 30.7 Å². The summed E-state index contributed by atoms with van der Waals surface area (Å²) in [5.41, 5.74) is 1.83. The van der Waals surface area contributed by atoms with Crippen LogP contribution in [-0.2, 0) is 6.42 Å². The molecule has 18 heavy (non-hydrogen) atoms. The van der Waals surface area contributed by atoms with Gasteiger partial charge in [-0.25, -0.2) is 4.39 Å². The lowest BCUT2D eigenvalue weighted by molar-refractivity contribution is 0.0959. The van der Waals surface area contributed by atoms with Gasteiger partial charge < -0.3 is 4.42 Å². The summed E-state index contributed by atoms with van der Waals surface area (Å²) in [6, 6.07) is 8.15. The standard InChI is InChI=1S/C15H15FO2/c1-3-14(17)15-12(8-10(2)18-15)9-11-4-6-13(16)7-5-11/h4-8H,3,9H2,1-2H3. The predicted molar refractivity (Wildman–Crippen MR) is 67.3 cm³/mol. The summed E-state index contributed by atoms with van der Waals surface area (Å²) in [4.78, 5) is 11.7. The molecule has 1 aromatic carbocycles. The smallest absolute Gasteiger partial charge is 0.198 e. The minimum absolute atomic E-state index is 0.000196. The SMILES string of the molecule is CCC(=O)c1oc(C)cc1Cc1ccc(F)cc1. The van der Waals surface area contributed by atoms with Gasteiger partial charge in [0, 0.05) is 18.4 Å². The lowest BCUT2D eigenvalue weighted by Gasteiger charge is -2.01. The van der Waals surface area contributed by atoms with Crippen molar-refractivity contribution in [3.05, 3.63) is 58.8 Å². The monoisotopic (exact) mass is 246 g/mol. The number of halogens is 1. The van der Waals surface area contributed by atoms with Crippen molar-refractivity contribution in [3.8, 4) is 0 Å². The molecule has 0 atom stereocenters. The zero-order chi connectivity index (χ0) is 13.1. The zero-order valence-corrected chi connectivity index (χ0v) is 10.5. The van der Waals surface area contributed by atoms with Gasteiger partial charge in [-0.15, -0.1) is 0 Å². The first-order valence-electron chi connectivity index (χ1n) is 5.97. The molecular formula is C15H15FO2. The van der Waals surface area contributed by atoms with Gasteiger partial charge in [0.1, 0.15) is 11.6 Å². The molecule has 2 aromatic rings. The highest BCUT2D eigenvalue weighted by Crippen LogP contribution is 2.20. The second kappa shape index (κ2) is 5.17. The first-order chi connectivity index (χ1) is 8.60. The van der Waals surface area contributed by atoms with Crippen LogP contribution in [-0.4, -0.2) is 5.78 Å². The minimum Gasteiger partial charge on any atom is -0.458 e. The Balaban J connectivity index is 2.28. The van der Waals surface area contributed by atoms with E-state index in [9.17, 15) is 9.18 Å². The van der Waals surface area contributed by atoms with Gasteiger partial charge in [-0.3, -0.25) is 4.79 Å². The molecule has 0 spiro atoms. The number of ketones is 1. The Morgan fingerprint density at radius 3 is 2.56 bits per heavy atom. The van der Waals surface area contributed by atoms with Gasteiger partial charge in [0.05, 0.1) is 0 Å². The van der Waals surface area contributed by atoms with Crippen LogP contribution < -0.4 is 0 Å². The lowest BCUT2D eigenvalue weighted by Crippen LogP contribution is -1.99. The van der Waals surface area contributed by atoms with E-state index >= 15 is 0 Å². The summed E-state index contributed by atoms with van der Waals surface area (Å²) in [6.45, 7) is 3.63. The number of benzene rings is 1. The minimum atomic E-state index is -0.257. The molecule has 1 aromatic heterocycles. The predicted octanol–water partition coefficient (Wildman–Crippen LogP) is 3.91. The molecule has 94 valence electrons. The molecule has 0 aliphatic heterocycles. The molecule has 2 nitrogen and oxygen atoms in total. The van der Waals surface area contributed by atoms with E-state index in [1.807, 2.05) is 19.9 Å². The van der Waals surface area contributed by atoms with Gasteiger partial charge in [-0.1, -0.05) is 19.1 Å². The molecule has 0 saturated carbocycles. The maximum Gasteiger partial charge on any atom is 0.198 e. The van der Waals surface area contributed by atoms with Crippen LogP contribution in [0.2, 0.25) is 0 Å². The van der Waals surface area contributed by atoms with Crippen LogP contribution in [0.1, 0.15) is 40.8 Å². The van der Waals surface area contributed by atoms with E-state index in [-0.39, 0.29) is 11.6 Å². The van der Waals surface area contributed by atoms with E-state index in [0.717, 1.165) is 16.9 Å². The number of hydrogen-bond acceptors (Lipinski definition) is 2. The molecule has 1 heterocycles. The number of carbonyl (C=O) groups is 1. The van der Waals surface area contributed by atoms with Crippen molar-refractivity contribution >= 4 is 5.78 Å². The van der Waals surface area contributed by atoms with Gasteiger partial charge in [0.25, 0.3) is 0 Å². The average molecular weight is 246 g/mol. The van der Waals surface area contributed by atoms with Crippen LogP contribution in [0.4, 0.5) is 4.39 Å². The third-order valence-electron chi connectivity index (χ3n) is 2.81. The fraction of sp³-hybridized carbons (Fsp3) is 0.267. The summed E-state index contributed by atoms with van der Waals surface area (Å²) in [7, 11) is 0. The normalized spacial score (nSPS) is 10.6. The molecule has 0 N–H and O–H groups in total. The summed E-state index contributed by atoms with van der Waals surface area (Å²) >= 11 is 0. The van der Waals surface area contributed by atoms with E-state index < -0.39 is 0 Å². The largest absolute Gasteiger partial charge is 0.458 e. The van der Waals surface area contributed by atoms with Gasteiger partial charge in [0.2, 0.25) is 0 Å². The van der Waals surface area contributed by atoms with Crippen molar-refractivity contribution in [2.45, 2.75) is 26.7 Å². The first kappa shape index (κ1) is 12.6. The molecule has 0 fully saturated rings. The number of rotatable bonds is 4. The van der Waals surface area contributed by atoms with E-state index in [2.05, 4.69) is 0 Å². The Bertz CT molecular complexity index is 552. The van der Waals surface area contributed by atoms with Crippen LogP contribution in [0, 0.1) is 12.7 Å². The van der Waals surface area contributed by atoms with Crippen LogP contribution in [0.15, 0.2) is 34.7 Å². The first-order valence-corrected chi connectivity index (χ1v) is 5.97. The second-order valence-electron chi connectivity index (χ2n) is 4.29. The van der Waals surface area contributed by atoms with E-state index in [1.165, 1.54) is 12.1 Å². The molecule has 0 aliphatic carbocycles. The van der Waals surface area contributed by atoms with Gasteiger partial charge >= 0.3 is 0 Å². The quantitative estimate of drug-likeness (QED) is 0.765. The van der Waals surface area contributed by atoms with E-state index in [4.69, 9.17) is 4.42 Å². The molecule has 0 aliphatic rings. The van der Waals surface area contributed by atoms with Crippen molar-refractivity contribution in [2.24, 2.45) is 0 Å². The number of carbonyl (C=O) groups excluding carboxylic acids is 1. The number of aryl methyl sites for hydroxylation is 1. The van der Waals surface area contributed by atoms with E-state index in [1.54, 1.807) is 12.1 Å². The number of Topliss-reactive ketones (excluding diaryl/α,β-unsaturated/α-hetero) is 1. The summed E-state index contributed by atoms with van der Waals surface area (Å²) in [5.74, 6) is 0.899. The summed E-state index contributed by atoms with van der Waals surface area (Å²) < 4.78 is 18.3. The van der Waals surface area contributed by atoms with Crippen LogP contribution >= 0.6 is 0 Å². The fourth-order valence-electron chi connectivity index (χ4n) is 1.92. The van der Waals surface area contributed by atoms with Crippen molar-refractivity contribution in [1.29, 1.82) is 0 Å². The lowest BCUT2D eigenvalue weighted by atomic mass is 10.0. The van der Waals surface area contributed by atoms with Crippen LogP contribution in [0.25, 0.3) is 0 Å². The van der Waals surface area contributed by atoms with Gasteiger partial charge in [0.15, 0.2) is 11.5 Å². The molecule has 2 rings (SSSR count). The molecule has 3 heteroatoms. The molecule has 0 saturated heterocycles. The van der Waals surface area contributed by atoms with Crippen LogP contribution in [0.3, 0.4) is 0 Å². The van der Waals surface area contributed by atoms with Crippen LogP contribution in [0.5, 0.6) is 0 Å². The highest BCUT2D eigenvalue weighted by Gasteiger charge is 2.15.